The molecule has 3 heteroatoms. The van der Waals surface area contributed by atoms with Crippen LogP contribution in [0, 0.1) is 0 Å². The van der Waals surface area contributed by atoms with E-state index >= 15 is 0 Å². The Hall–Kier alpha value is -1.61. The van der Waals surface area contributed by atoms with Gasteiger partial charge in [0.1, 0.15) is 0 Å². The second kappa shape index (κ2) is 4.07. The first-order valence-electron chi connectivity index (χ1n) is 4.70. The average molecular weight is 187 g/mol. The Bertz CT molecular complexity index is 442. The van der Waals surface area contributed by atoms with E-state index < -0.39 is 0 Å². The van der Waals surface area contributed by atoms with Crippen molar-refractivity contribution in [2.75, 3.05) is 6.54 Å². The zero-order valence-electron chi connectivity index (χ0n) is 7.90. The van der Waals surface area contributed by atoms with Gasteiger partial charge in [-0.1, -0.05) is 18.2 Å². The maximum atomic E-state index is 5.40. The van der Waals surface area contributed by atoms with Crippen molar-refractivity contribution in [1.82, 2.24) is 10.2 Å². The summed E-state index contributed by atoms with van der Waals surface area (Å²) < 4.78 is 0. The van der Waals surface area contributed by atoms with Gasteiger partial charge in [-0.15, -0.1) is 0 Å². The van der Waals surface area contributed by atoms with Crippen molar-refractivity contribution in [2.45, 2.75) is 6.42 Å². The molecule has 0 unspecified atom stereocenters. The van der Waals surface area contributed by atoms with E-state index in [4.69, 9.17) is 5.73 Å². The molecule has 14 heavy (non-hydrogen) atoms. The quantitative estimate of drug-likeness (QED) is 0.771. The molecule has 0 saturated carbocycles. The summed E-state index contributed by atoms with van der Waals surface area (Å²) in [6.45, 7) is 0.699. The van der Waals surface area contributed by atoms with Gasteiger partial charge in [-0.05, 0) is 30.7 Å². The molecular weight excluding hydrogens is 174 g/mol. The third kappa shape index (κ3) is 1.83. The second-order valence-corrected chi connectivity index (χ2v) is 3.20. The number of aromatic nitrogens is 2. The molecule has 1 aromatic carbocycles. The van der Waals surface area contributed by atoms with Gasteiger partial charge in [-0.2, -0.15) is 5.10 Å². The summed E-state index contributed by atoms with van der Waals surface area (Å²) in [6, 6.07) is 6.20. The summed E-state index contributed by atoms with van der Waals surface area (Å²) in [5.41, 5.74) is 7.66. The van der Waals surface area contributed by atoms with E-state index in [2.05, 4.69) is 34.5 Å². The number of nitrogens with two attached hydrogens (primary N) is 1. The fourth-order valence-corrected chi connectivity index (χ4v) is 1.38. The fourth-order valence-electron chi connectivity index (χ4n) is 1.38. The fraction of sp³-hybridized carbons (Fsp3) is 0.182. The number of nitrogens with zero attached hydrogens (tertiary/aromatic N) is 1. The van der Waals surface area contributed by atoms with E-state index in [1.54, 1.807) is 0 Å². The van der Waals surface area contributed by atoms with E-state index in [-0.39, 0.29) is 0 Å². The molecular formula is C11H13N3. The Morgan fingerprint density at radius 3 is 3.21 bits per heavy atom. The third-order valence-electron chi connectivity index (χ3n) is 2.11. The van der Waals surface area contributed by atoms with Gasteiger partial charge in [0.15, 0.2) is 0 Å². The first-order chi connectivity index (χ1) is 6.90. The Labute approximate surface area is 82.6 Å². The maximum absolute atomic E-state index is 5.40. The van der Waals surface area contributed by atoms with Crippen molar-refractivity contribution < 1.29 is 0 Å². The molecule has 0 amide bonds. The maximum Gasteiger partial charge on any atom is 0.0650 e. The van der Waals surface area contributed by atoms with Crippen molar-refractivity contribution in [1.29, 1.82) is 0 Å². The lowest BCUT2D eigenvalue weighted by Gasteiger charge is -1.93. The highest BCUT2D eigenvalue weighted by Crippen LogP contribution is 2.13. The molecule has 0 bridgehead atoms. The molecule has 2 rings (SSSR count). The number of aromatic amines is 1. The van der Waals surface area contributed by atoms with Crippen molar-refractivity contribution in [3.63, 3.8) is 0 Å². The van der Waals surface area contributed by atoms with E-state index in [0.717, 1.165) is 17.3 Å². The number of hydrogen-bond acceptors (Lipinski definition) is 2. The largest absolute Gasteiger partial charge is 0.330 e. The van der Waals surface area contributed by atoms with E-state index in [0.29, 0.717) is 6.54 Å². The smallest absolute Gasteiger partial charge is 0.0650 e. The number of benzene rings is 1. The topological polar surface area (TPSA) is 54.7 Å². The minimum Gasteiger partial charge on any atom is -0.330 e. The summed E-state index contributed by atoms with van der Waals surface area (Å²) in [6.07, 6.45) is 6.92. The molecule has 1 aromatic heterocycles. The predicted molar refractivity (Wildman–Crippen MR) is 58.8 cm³/mol. The lowest BCUT2D eigenvalue weighted by molar-refractivity contribution is 1.01. The Balaban J connectivity index is 2.25. The highest BCUT2D eigenvalue weighted by Gasteiger charge is 1.94. The summed E-state index contributed by atoms with van der Waals surface area (Å²) >= 11 is 0. The van der Waals surface area contributed by atoms with Crippen LogP contribution in [0.1, 0.15) is 12.0 Å². The van der Waals surface area contributed by atoms with Gasteiger partial charge in [0.05, 0.1) is 11.7 Å². The number of nitrogens with one attached hydrogen (secondary N) is 1. The van der Waals surface area contributed by atoms with Crippen molar-refractivity contribution >= 4 is 17.0 Å². The summed E-state index contributed by atoms with van der Waals surface area (Å²) in [5.74, 6) is 0. The number of rotatable bonds is 3. The monoisotopic (exact) mass is 187 g/mol. The average Bonchev–Trinajstić information content (AvgIpc) is 2.65. The van der Waals surface area contributed by atoms with Crippen LogP contribution >= 0.6 is 0 Å². The second-order valence-electron chi connectivity index (χ2n) is 3.20. The Kier molecular flexibility index (Phi) is 2.60. The first kappa shape index (κ1) is 8.97. The zero-order chi connectivity index (χ0) is 9.80. The molecule has 3 nitrogen and oxygen atoms in total. The van der Waals surface area contributed by atoms with Crippen LogP contribution in [0.3, 0.4) is 0 Å². The van der Waals surface area contributed by atoms with E-state index in [1.807, 2.05) is 12.3 Å². The van der Waals surface area contributed by atoms with Gasteiger partial charge in [0.2, 0.25) is 0 Å². The van der Waals surface area contributed by atoms with Crippen LogP contribution in [0.2, 0.25) is 0 Å². The van der Waals surface area contributed by atoms with Gasteiger partial charge in [-0.25, -0.2) is 0 Å². The molecule has 0 aliphatic heterocycles. The number of hydrogen-bond donors (Lipinski definition) is 2. The normalized spacial score (nSPS) is 11.5. The van der Waals surface area contributed by atoms with Crippen LogP contribution < -0.4 is 5.73 Å². The summed E-state index contributed by atoms with van der Waals surface area (Å²) in [5, 5.41) is 8.03. The van der Waals surface area contributed by atoms with Gasteiger partial charge >= 0.3 is 0 Å². The molecule has 0 aliphatic rings. The van der Waals surface area contributed by atoms with E-state index in [1.165, 1.54) is 5.56 Å². The lowest BCUT2D eigenvalue weighted by Crippen LogP contribution is -1.94. The van der Waals surface area contributed by atoms with Gasteiger partial charge in [0.25, 0.3) is 0 Å². The first-order valence-corrected chi connectivity index (χ1v) is 4.70. The van der Waals surface area contributed by atoms with Crippen molar-refractivity contribution in [3.8, 4) is 0 Å². The Morgan fingerprint density at radius 2 is 2.36 bits per heavy atom. The highest BCUT2D eigenvalue weighted by molar-refractivity contribution is 5.80. The Morgan fingerprint density at radius 1 is 1.43 bits per heavy atom. The molecule has 0 atom stereocenters. The summed E-state index contributed by atoms with van der Waals surface area (Å²) in [4.78, 5) is 0. The predicted octanol–water partition coefficient (Wildman–Crippen LogP) is 1.92. The van der Waals surface area contributed by atoms with Crippen LogP contribution in [0.15, 0.2) is 30.5 Å². The van der Waals surface area contributed by atoms with E-state index in [9.17, 15) is 0 Å². The zero-order valence-corrected chi connectivity index (χ0v) is 7.90. The van der Waals surface area contributed by atoms with Crippen molar-refractivity contribution in [2.24, 2.45) is 5.73 Å². The summed E-state index contributed by atoms with van der Waals surface area (Å²) in [7, 11) is 0. The third-order valence-corrected chi connectivity index (χ3v) is 2.11. The molecule has 1 heterocycles. The minimum atomic E-state index is 0.699. The molecule has 2 aromatic rings. The lowest BCUT2D eigenvalue weighted by atomic mass is 10.1. The van der Waals surface area contributed by atoms with Crippen LogP contribution in [-0.4, -0.2) is 16.7 Å². The highest BCUT2D eigenvalue weighted by atomic mass is 15.1. The van der Waals surface area contributed by atoms with Gasteiger partial charge < -0.3 is 5.73 Å². The number of fused-ring (bicyclic) bond motifs is 1. The number of H-pyrrole nitrogens is 1. The minimum absolute atomic E-state index is 0.699. The molecule has 0 saturated heterocycles. The molecule has 3 N–H and O–H groups in total. The molecule has 0 radical (unpaired) electrons. The van der Waals surface area contributed by atoms with Crippen molar-refractivity contribution in [3.05, 3.63) is 36.0 Å². The molecule has 0 spiro atoms. The molecule has 72 valence electrons. The van der Waals surface area contributed by atoms with Crippen LogP contribution in [0.4, 0.5) is 0 Å². The molecule has 0 fully saturated rings. The molecule has 0 aliphatic carbocycles. The van der Waals surface area contributed by atoms with Crippen LogP contribution in [0.25, 0.3) is 17.0 Å². The SMILES string of the molecule is NCCC=Cc1ccc2[nH]ncc2c1. The standard InChI is InChI=1S/C11H13N3/c12-6-2-1-3-9-4-5-11-10(7-9)8-13-14-11/h1,3-5,7-8H,2,6,12H2,(H,13,14). The van der Waals surface area contributed by atoms with Gasteiger partial charge in [-0.3, -0.25) is 5.10 Å². The van der Waals surface area contributed by atoms with Gasteiger partial charge in [0, 0.05) is 5.39 Å². The van der Waals surface area contributed by atoms with Crippen LogP contribution in [-0.2, 0) is 0 Å². The van der Waals surface area contributed by atoms with Crippen LogP contribution in [0.5, 0.6) is 0 Å².